The summed E-state index contributed by atoms with van der Waals surface area (Å²) in [6.45, 7) is 2.27. The molecule has 0 amide bonds. The molecule has 2 heteroatoms. The van der Waals surface area contributed by atoms with E-state index in [2.05, 4.69) is 53.2 Å². The quantitative estimate of drug-likeness (QED) is 0.361. The molecule has 0 unspecified atom stereocenters. The van der Waals surface area contributed by atoms with Gasteiger partial charge in [-0.15, -0.1) is 0 Å². The van der Waals surface area contributed by atoms with Gasteiger partial charge in [-0.3, -0.25) is 0 Å². The second-order valence-corrected chi connectivity index (χ2v) is 7.25. The van der Waals surface area contributed by atoms with Crippen LogP contribution in [0.15, 0.2) is 57.4 Å². The van der Waals surface area contributed by atoms with Crippen LogP contribution in [-0.4, -0.2) is 0 Å². The monoisotopic (exact) mass is 384 g/mol. The summed E-state index contributed by atoms with van der Waals surface area (Å²) in [4.78, 5) is 0. The first-order valence-electron chi connectivity index (χ1n) is 9.06. The predicted octanol–water partition coefficient (Wildman–Crippen LogP) is 7.77. The molecular formula is C22H25BrO. The van der Waals surface area contributed by atoms with Crippen LogP contribution in [0.5, 0.6) is 0 Å². The Kier molecular flexibility index (Phi) is 6.14. The molecular weight excluding hydrogens is 360 g/mol. The molecule has 1 aromatic heterocycles. The third-order valence-electron chi connectivity index (χ3n) is 4.57. The van der Waals surface area contributed by atoms with Gasteiger partial charge in [-0.2, -0.15) is 0 Å². The third-order valence-corrected chi connectivity index (χ3v) is 5.36. The number of fused-ring (bicyclic) bond motifs is 1. The summed E-state index contributed by atoms with van der Waals surface area (Å²) >= 11 is 3.69. The molecule has 0 radical (unpaired) electrons. The highest BCUT2D eigenvalue weighted by atomic mass is 79.9. The van der Waals surface area contributed by atoms with Crippen LogP contribution in [0.3, 0.4) is 0 Å². The Bertz CT molecular complexity index is 770. The maximum atomic E-state index is 6.01. The number of para-hydroxylation sites is 1. The minimum atomic E-state index is 0.919. The molecule has 0 saturated heterocycles. The van der Waals surface area contributed by atoms with Crippen molar-refractivity contribution in [1.29, 1.82) is 0 Å². The van der Waals surface area contributed by atoms with Crippen LogP contribution in [-0.2, 0) is 6.42 Å². The molecule has 24 heavy (non-hydrogen) atoms. The van der Waals surface area contributed by atoms with E-state index in [0.29, 0.717) is 0 Å². The van der Waals surface area contributed by atoms with Crippen LogP contribution in [0.4, 0.5) is 0 Å². The Morgan fingerprint density at radius 1 is 0.833 bits per heavy atom. The van der Waals surface area contributed by atoms with Crippen molar-refractivity contribution in [3.63, 3.8) is 0 Å². The van der Waals surface area contributed by atoms with E-state index in [1.807, 2.05) is 18.2 Å². The summed E-state index contributed by atoms with van der Waals surface area (Å²) in [6.07, 6.45) is 9.26. The van der Waals surface area contributed by atoms with E-state index in [9.17, 15) is 0 Å². The molecule has 0 saturated carbocycles. The predicted molar refractivity (Wildman–Crippen MR) is 106 cm³/mol. The first-order valence-corrected chi connectivity index (χ1v) is 9.85. The molecule has 126 valence electrons. The lowest BCUT2D eigenvalue weighted by Gasteiger charge is -2.04. The second-order valence-electron chi connectivity index (χ2n) is 6.46. The highest BCUT2D eigenvalue weighted by Crippen LogP contribution is 2.37. The second kappa shape index (κ2) is 8.53. The van der Waals surface area contributed by atoms with Crippen molar-refractivity contribution < 1.29 is 4.42 Å². The number of hydrogen-bond acceptors (Lipinski definition) is 1. The number of unbranched alkanes of at least 4 members (excludes halogenated alkanes) is 5. The summed E-state index contributed by atoms with van der Waals surface area (Å²) in [5, 5.41) is 1.13. The minimum Gasteiger partial charge on any atom is -0.455 e. The average molecular weight is 385 g/mol. The zero-order valence-electron chi connectivity index (χ0n) is 14.4. The van der Waals surface area contributed by atoms with Crippen molar-refractivity contribution in [2.75, 3.05) is 0 Å². The van der Waals surface area contributed by atoms with E-state index in [1.54, 1.807) is 0 Å². The highest BCUT2D eigenvalue weighted by Gasteiger charge is 2.13. The molecule has 1 nitrogen and oxygen atoms in total. The molecule has 1 heterocycles. The number of halogens is 1. The van der Waals surface area contributed by atoms with Crippen molar-refractivity contribution in [1.82, 2.24) is 0 Å². The first-order chi connectivity index (χ1) is 11.8. The van der Waals surface area contributed by atoms with Gasteiger partial charge in [-0.1, -0.05) is 75.4 Å². The standard InChI is InChI=1S/C22H25BrO/c1-2-3-4-5-6-7-10-17-13-15-18(16-14-17)22-21(23)19-11-8-9-12-20(19)24-22/h8-9,11-16H,2-7,10H2,1H3. The Hall–Kier alpha value is -1.54. The van der Waals surface area contributed by atoms with E-state index in [0.717, 1.165) is 26.8 Å². The molecule has 3 aromatic rings. The SMILES string of the molecule is CCCCCCCCc1ccc(-c2oc3ccccc3c2Br)cc1. The van der Waals surface area contributed by atoms with Gasteiger partial charge in [0.2, 0.25) is 0 Å². The van der Waals surface area contributed by atoms with Gasteiger partial charge in [0, 0.05) is 10.9 Å². The lowest BCUT2D eigenvalue weighted by atomic mass is 10.0. The number of benzene rings is 2. The van der Waals surface area contributed by atoms with Crippen molar-refractivity contribution in [2.45, 2.75) is 51.9 Å². The van der Waals surface area contributed by atoms with Crippen molar-refractivity contribution in [3.05, 3.63) is 58.6 Å². The van der Waals surface area contributed by atoms with Gasteiger partial charge in [0.1, 0.15) is 11.3 Å². The third kappa shape index (κ3) is 4.10. The smallest absolute Gasteiger partial charge is 0.149 e. The van der Waals surface area contributed by atoms with Crippen molar-refractivity contribution >= 4 is 26.9 Å². The van der Waals surface area contributed by atoms with Gasteiger partial charge in [0.15, 0.2) is 0 Å². The molecule has 0 atom stereocenters. The Balaban J connectivity index is 1.62. The number of hydrogen-bond donors (Lipinski definition) is 0. The van der Waals surface area contributed by atoms with Gasteiger partial charge in [-0.25, -0.2) is 0 Å². The number of aryl methyl sites for hydroxylation is 1. The zero-order chi connectivity index (χ0) is 16.8. The highest BCUT2D eigenvalue weighted by molar-refractivity contribution is 9.10. The molecule has 0 N–H and O–H groups in total. The maximum Gasteiger partial charge on any atom is 0.149 e. The summed E-state index contributed by atoms with van der Waals surface area (Å²) in [6, 6.07) is 17.0. The van der Waals surface area contributed by atoms with Crippen LogP contribution >= 0.6 is 15.9 Å². The fourth-order valence-electron chi connectivity index (χ4n) is 3.13. The average Bonchev–Trinajstić information content (AvgIpc) is 2.96. The molecule has 0 spiro atoms. The van der Waals surface area contributed by atoms with Gasteiger partial charge in [0.05, 0.1) is 4.47 Å². The lowest BCUT2D eigenvalue weighted by molar-refractivity contribution is 0.607. The molecule has 0 aliphatic heterocycles. The topological polar surface area (TPSA) is 13.1 Å². The van der Waals surface area contributed by atoms with E-state index in [1.165, 1.54) is 50.5 Å². The van der Waals surface area contributed by atoms with E-state index in [4.69, 9.17) is 4.42 Å². The van der Waals surface area contributed by atoms with Crippen molar-refractivity contribution in [2.24, 2.45) is 0 Å². The molecule has 0 aliphatic carbocycles. The summed E-state index contributed by atoms with van der Waals surface area (Å²) in [5.74, 6) is 0.919. The summed E-state index contributed by atoms with van der Waals surface area (Å²) in [5.41, 5.74) is 3.47. The fraction of sp³-hybridized carbons (Fsp3) is 0.364. The van der Waals surface area contributed by atoms with Crippen LogP contribution in [0.1, 0.15) is 51.0 Å². The first kappa shape index (κ1) is 17.3. The van der Waals surface area contributed by atoms with Crippen LogP contribution in [0.25, 0.3) is 22.3 Å². The van der Waals surface area contributed by atoms with Crippen LogP contribution < -0.4 is 0 Å². The molecule has 2 aromatic carbocycles. The van der Waals surface area contributed by atoms with Gasteiger partial charge >= 0.3 is 0 Å². The molecule has 0 bridgehead atoms. The molecule has 3 rings (SSSR count). The fourth-order valence-corrected chi connectivity index (χ4v) is 3.77. The summed E-state index contributed by atoms with van der Waals surface area (Å²) in [7, 11) is 0. The Morgan fingerprint density at radius 3 is 2.29 bits per heavy atom. The number of furan rings is 1. The normalized spacial score (nSPS) is 11.2. The minimum absolute atomic E-state index is 0.919. The Morgan fingerprint density at radius 2 is 1.54 bits per heavy atom. The van der Waals surface area contributed by atoms with Gasteiger partial charge in [-0.05, 0) is 46.5 Å². The maximum absolute atomic E-state index is 6.01. The van der Waals surface area contributed by atoms with E-state index < -0.39 is 0 Å². The largest absolute Gasteiger partial charge is 0.455 e. The van der Waals surface area contributed by atoms with Gasteiger partial charge in [0.25, 0.3) is 0 Å². The lowest BCUT2D eigenvalue weighted by Crippen LogP contribution is -1.86. The molecule has 0 fully saturated rings. The number of rotatable bonds is 8. The van der Waals surface area contributed by atoms with E-state index >= 15 is 0 Å². The van der Waals surface area contributed by atoms with E-state index in [-0.39, 0.29) is 0 Å². The van der Waals surface area contributed by atoms with Crippen molar-refractivity contribution in [3.8, 4) is 11.3 Å². The zero-order valence-corrected chi connectivity index (χ0v) is 15.9. The van der Waals surface area contributed by atoms with Crippen LogP contribution in [0.2, 0.25) is 0 Å². The Labute approximate surface area is 153 Å². The molecule has 0 aliphatic rings. The summed E-state index contributed by atoms with van der Waals surface area (Å²) < 4.78 is 7.06. The van der Waals surface area contributed by atoms with Gasteiger partial charge < -0.3 is 4.42 Å². The van der Waals surface area contributed by atoms with Crippen LogP contribution in [0, 0.1) is 0 Å².